The molecule has 6 nitrogen and oxygen atoms in total. The number of halogens is 2. The van der Waals surface area contributed by atoms with Crippen LogP contribution < -0.4 is 10.5 Å². The van der Waals surface area contributed by atoms with E-state index in [9.17, 15) is 13.2 Å². The van der Waals surface area contributed by atoms with Gasteiger partial charge in [0.1, 0.15) is 4.90 Å². The van der Waals surface area contributed by atoms with Crippen molar-refractivity contribution in [2.24, 2.45) is 0 Å². The van der Waals surface area contributed by atoms with Gasteiger partial charge in [0.05, 0.1) is 10.5 Å². The summed E-state index contributed by atoms with van der Waals surface area (Å²) in [5.41, 5.74) is 0.832. The lowest BCUT2D eigenvalue weighted by Gasteiger charge is -2.09. The minimum Gasteiger partial charge on any atom is -0.408 e. The molecule has 0 atom stereocenters. The van der Waals surface area contributed by atoms with Crippen molar-refractivity contribution in [2.45, 2.75) is 4.90 Å². The first kappa shape index (κ1) is 15.1. The van der Waals surface area contributed by atoms with Gasteiger partial charge in [-0.15, -0.1) is 0 Å². The first-order valence-corrected chi connectivity index (χ1v) is 8.61. The van der Waals surface area contributed by atoms with Crippen LogP contribution in [0.3, 0.4) is 0 Å². The molecule has 0 saturated heterocycles. The fourth-order valence-electron chi connectivity index (χ4n) is 1.89. The summed E-state index contributed by atoms with van der Waals surface area (Å²) in [7, 11) is -3.91. The van der Waals surface area contributed by atoms with Crippen LogP contribution in [0.1, 0.15) is 0 Å². The molecule has 1 aromatic heterocycles. The largest absolute Gasteiger partial charge is 0.417 e. The van der Waals surface area contributed by atoms with E-state index in [0.29, 0.717) is 11.2 Å². The van der Waals surface area contributed by atoms with Crippen LogP contribution in [0.25, 0.3) is 11.1 Å². The van der Waals surface area contributed by atoms with E-state index >= 15 is 0 Å². The summed E-state index contributed by atoms with van der Waals surface area (Å²) in [4.78, 5) is 13.4. The van der Waals surface area contributed by atoms with Crippen molar-refractivity contribution in [1.29, 1.82) is 0 Å². The summed E-state index contributed by atoms with van der Waals surface area (Å²) in [6.07, 6.45) is 0. The van der Waals surface area contributed by atoms with Crippen LogP contribution in [-0.2, 0) is 10.0 Å². The SMILES string of the molecule is O=c1[nH]c2cc(Cl)c(S(=O)(=O)Nc3ccc(Br)cc3)cc2o1. The molecule has 0 radical (unpaired) electrons. The molecule has 114 valence electrons. The third-order valence-corrected chi connectivity index (χ3v) is 5.23. The van der Waals surface area contributed by atoms with Gasteiger partial charge in [-0.3, -0.25) is 9.71 Å². The second kappa shape index (κ2) is 5.45. The van der Waals surface area contributed by atoms with Crippen LogP contribution in [0.15, 0.2) is 55.0 Å². The molecular formula is C13H8BrClN2O4S. The molecule has 3 rings (SSSR count). The van der Waals surface area contributed by atoms with Gasteiger partial charge in [0.2, 0.25) is 0 Å². The number of aromatic amines is 1. The van der Waals surface area contributed by atoms with Gasteiger partial charge in [-0.05, 0) is 30.3 Å². The highest BCUT2D eigenvalue weighted by atomic mass is 79.9. The number of benzene rings is 2. The molecule has 22 heavy (non-hydrogen) atoms. The van der Waals surface area contributed by atoms with Crippen molar-refractivity contribution >= 4 is 54.3 Å². The Kier molecular flexibility index (Phi) is 3.75. The second-order valence-electron chi connectivity index (χ2n) is 4.41. The number of hydrogen-bond donors (Lipinski definition) is 2. The number of oxazole rings is 1. The number of H-pyrrole nitrogens is 1. The fraction of sp³-hybridized carbons (Fsp3) is 0. The summed E-state index contributed by atoms with van der Waals surface area (Å²) in [6.45, 7) is 0. The number of aromatic nitrogens is 1. The molecule has 0 bridgehead atoms. The van der Waals surface area contributed by atoms with Crippen molar-refractivity contribution in [2.75, 3.05) is 4.72 Å². The van der Waals surface area contributed by atoms with Gasteiger partial charge in [-0.2, -0.15) is 0 Å². The lowest BCUT2D eigenvalue weighted by Crippen LogP contribution is -2.13. The summed E-state index contributed by atoms with van der Waals surface area (Å²) >= 11 is 9.27. The quantitative estimate of drug-likeness (QED) is 0.701. The van der Waals surface area contributed by atoms with E-state index in [0.717, 1.165) is 4.47 Å². The van der Waals surface area contributed by atoms with E-state index < -0.39 is 15.8 Å². The van der Waals surface area contributed by atoms with Crippen molar-refractivity contribution < 1.29 is 12.8 Å². The Bertz CT molecular complexity index is 1010. The summed E-state index contributed by atoms with van der Waals surface area (Å²) < 4.78 is 32.9. The van der Waals surface area contributed by atoms with Crippen LogP contribution >= 0.6 is 27.5 Å². The summed E-state index contributed by atoms with van der Waals surface area (Å²) in [6, 6.07) is 9.14. The maximum atomic E-state index is 12.4. The standard InChI is InChI=1S/C13H8BrClN2O4S/c14-7-1-3-8(4-2-7)17-22(19,20)12-6-11-10(5-9(12)15)16-13(18)21-11/h1-6,17H,(H,16,18). The zero-order valence-corrected chi connectivity index (χ0v) is 13.9. The Balaban J connectivity index is 2.06. The van der Waals surface area contributed by atoms with Gasteiger partial charge >= 0.3 is 5.76 Å². The van der Waals surface area contributed by atoms with Crippen molar-refractivity contribution in [3.8, 4) is 0 Å². The van der Waals surface area contributed by atoms with Crippen LogP contribution in [-0.4, -0.2) is 13.4 Å². The smallest absolute Gasteiger partial charge is 0.408 e. The minimum absolute atomic E-state index is 0.0193. The highest BCUT2D eigenvalue weighted by Gasteiger charge is 2.20. The normalized spacial score (nSPS) is 11.7. The molecule has 0 aliphatic rings. The number of hydrogen-bond acceptors (Lipinski definition) is 4. The summed E-state index contributed by atoms with van der Waals surface area (Å²) in [5.74, 6) is -0.679. The van der Waals surface area contributed by atoms with Crippen LogP contribution in [0.2, 0.25) is 5.02 Å². The third kappa shape index (κ3) is 2.90. The Hall–Kier alpha value is -1.77. The zero-order valence-electron chi connectivity index (χ0n) is 10.8. The molecule has 2 aromatic carbocycles. The van der Waals surface area contributed by atoms with Crippen LogP contribution in [0, 0.1) is 0 Å². The molecule has 0 aliphatic heterocycles. The van der Waals surface area contributed by atoms with E-state index in [1.807, 2.05) is 0 Å². The van der Waals surface area contributed by atoms with E-state index in [1.165, 1.54) is 12.1 Å². The van der Waals surface area contributed by atoms with Crippen molar-refractivity contribution in [3.63, 3.8) is 0 Å². The fourth-order valence-corrected chi connectivity index (χ4v) is 3.75. The summed E-state index contributed by atoms with van der Waals surface area (Å²) in [5, 5.41) is -0.0193. The molecule has 9 heteroatoms. The van der Waals surface area contributed by atoms with E-state index in [2.05, 4.69) is 25.6 Å². The number of sulfonamides is 1. The highest BCUT2D eigenvalue weighted by molar-refractivity contribution is 9.10. The lowest BCUT2D eigenvalue weighted by molar-refractivity contribution is 0.554. The number of nitrogens with one attached hydrogen (secondary N) is 2. The predicted molar refractivity (Wildman–Crippen MR) is 86.8 cm³/mol. The van der Waals surface area contributed by atoms with E-state index in [1.54, 1.807) is 24.3 Å². The molecule has 3 aromatic rings. The first-order valence-electron chi connectivity index (χ1n) is 5.96. The molecule has 0 spiro atoms. The van der Waals surface area contributed by atoms with Gasteiger partial charge in [-0.1, -0.05) is 27.5 Å². The Morgan fingerprint density at radius 3 is 2.55 bits per heavy atom. The molecule has 0 fully saturated rings. The first-order chi connectivity index (χ1) is 10.3. The average molecular weight is 404 g/mol. The molecule has 0 amide bonds. The maximum absolute atomic E-state index is 12.4. The van der Waals surface area contributed by atoms with Gasteiger partial charge in [0, 0.05) is 16.2 Å². The second-order valence-corrected chi connectivity index (χ2v) is 7.38. The lowest BCUT2D eigenvalue weighted by atomic mass is 10.3. The monoisotopic (exact) mass is 402 g/mol. The number of fused-ring (bicyclic) bond motifs is 1. The predicted octanol–water partition coefficient (Wildman–Crippen LogP) is 3.34. The van der Waals surface area contributed by atoms with Crippen molar-refractivity contribution in [3.05, 3.63) is 56.4 Å². The van der Waals surface area contributed by atoms with E-state index in [4.69, 9.17) is 16.0 Å². The van der Waals surface area contributed by atoms with Gasteiger partial charge < -0.3 is 4.42 Å². The van der Waals surface area contributed by atoms with Gasteiger partial charge in [-0.25, -0.2) is 13.2 Å². The number of anilines is 1. The Morgan fingerprint density at radius 1 is 1.18 bits per heavy atom. The molecular weight excluding hydrogens is 396 g/mol. The van der Waals surface area contributed by atoms with Crippen LogP contribution in [0.5, 0.6) is 0 Å². The third-order valence-electron chi connectivity index (χ3n) is 2.86. The van der Waals surface area contributed by atoms with Gasteiger partial charge in [0.25, 0.3) is 10.0 Å². The Morgan fingerprint density at radius 2 is 1.86 bits per heavy atom. The molecule has 0 aliphatic carbocycles. The van der Waals surface area contributed by atoms with Crippen LogP contribution in [0.4, 0.5) is 5.69 Å². The maximum Gasteiger partial charge on any atom is 0.417 e. The number of rotatable bonds is 3. The Labute approximate surface area is 138 Å². The van der Waals surface area contributed by atoms with E-state index in [-0.39, 0.29) is 15.5 Å². The molecule has 1 heterocycles. The molecule has 0 saturated carbocycles. The molecule has 2 N–H and O–H groups in total. The minimum atomic E-state index is -3.91. The topological polar surface area (TPSA) is 92.2 Å². The van der Waals surface area contributed by atoms with Crippen molar-refractivity contribution in [1.82, 2.24) is 4.98 Å². The van der Waals surface area contributed by atoms with Gasteiger partial charge in [0.15, 0.2) is 5.58 Å². The highest BCUT2D eigenvalue weighted by Crippen LogP contribution is 2.28. The average Bonchev–Trinajstić information content (AvgIpc) is 2.79. The molecule has 0 unspecified atom stereocenters. The zero-order chi connectivity index (χ0) is 15.9.